The van der Waals surface area contributed by atoms with Crippen molar-refractivity contribution in [2.45, 2.75) is 59.4 Å². The van der Waals surface area contributed by atoms with Crippen LogP contribution in [0.15, 0.2) is 12.3 Å². The lowest BCUT2D eigenvalue weighted by Gasteiger charge is -2.30. The molecule has 0 aliphatic heterocycles. The third kappa shape index (κ3) is 4.32. The van der Waals surface area contributed by atoms with Crippen molar-refractivity contribution in [1.29, 1.82) is 0 Å². The maximum atomic E-state index is 9.70. The molecule has 0 amide bonds. The summed E-state index contributed by atoms with van der Waals surface area (Å²) in [7, 11) is 0. The van der Waals surface area contributed by atoms with Crippen LogP contribution in [0.4, 0.5) is 0 Å². The molecule has 0 bridgehead atoms. The van der Waals surface area contributed by atoms with Gasteiger partial charge in [0.05, 0.1) is 24.9 Å². The highest BCUT2D eigenvalue weighted by Gasteiger charge is 2.31. The quantitative estimate of drug-likeness (QED) is 0.732. The van der Waals surface area contributed by atoms with Gasteiger partial charge in [-0.1, -0.05) is 27.7 Å². The Morgan fingerprint density at radius 2 is 1.80 bits per heavy atom. The second-order valence-corrected chi connectivity index (χ2v) is 6.35. The van der Waals surface area contributed by atoms with Crippen molar-refractivity contribution in [3.8, 4) is 0 Å². The fraction of sp³-hybridized carbons (Fsp3) is 0.812. The molecule has 1 rings (SSSR count). The molecule has 0 atom stereocenters. The van der Waals surface area contributed by atoms with Crippen LogP contribution in [-0.2, 0) is 6.42 Å². The lowest BCUT2D eigenvalue weighted by molar-refractivity contribution is 0.0360. The molecular formula is C16H30N2O2. The second kappa shape index (κ2) is 7.79. The van der Waals surface area contributed by atoms with Gasteiger partial charge in [0.25, 0.3) is 0 Å². The average Bonchev–Trinajstić information content (AvgIpc) is 2.87. The van der Waals surface area contributed by atoms with Gasteiger partial charge in [0.15, 0.2) is 0 Å². The molecule has 0 aliphatic rings. The van der Waals surface area contributed by atoms with Gasteiger partial charge in [0.2, 0.25) is 0 Å². The standard InChI is InChI=1S/C16H30N2O2/c1-5-15(6-2)18-8-7-14(17-18)10-16(11-19,12-20)9-13(3)4/h7-8,13,15,19-20H,5-6,9-12H2,1-4H3. The summed E-state index contributed by atoms with van der Waals surface area (Å²) in [6, 6.07) is 2.45. The Bertz CT molecular complexity index is 380. The molecule has 4 heteroatoms. The van der Waals surface area contributed by atoms with Crippen molar-refractivity contribution in [2.24, 2.45) is 11.3 Å². The summed E-state index contributed by atoms with van der Waals surface area (Å²) in [5, 5.41) is 24.0. The van der Waals surface area contributed by atoms with E-state index in [-0.39, 0.29) is 13.2 Å². The Morgan fingerprint density at radius 1 is 1.20 bits per heavy atom. The van der Waals surface area contributed by atoms with Crippen LogP contribution in [0.2, 0.25) is 0 Å². The number of nitrogens with zero attached hydrogens (tertiary/aromatic N) is 2. The summed E-state index contributed by atoms with van der Waals surface area (Å²) in [6.45, 7) is 8.56. The number of aromatic nitrogens is 2. The van der Waals surface area contributed by atoms with Crippen molar-refractivity contribution in [2.75, 3.05) is 13.2 Å². The van der Waals surface area contributed by atoms with Gasteiger partial charge in [-0.05, 0) is 31.2 Å². The number of rotatable bonds is 9. The molecule has 1 heterocycles. The molecule has 0 fully saturated rings. The lowest BCUT2D eigenvalue weighted by Crippen LogP contribution is -2.34. The fourth-order valence-corrected chi connectivity index (χ4v) is 2.95. The molecule has 0 aromatic carbocycles. The minimum Gasteiger partial charge on any atom is -0.396 e. The van der Waals surface area contributed by atoms with E-state index in [0.29, 0.717) is 18.4 Å². The fourth-order valence-electron chi connectivity index (χ4n) is 2.95. The molecule has 0 aliphatic carbocycles. The van der Waals surface area contributed by atoms with E-state index in [1.807, 2.05) is 16.9 Å². The van der Waals surface area contributed by atoms with Gasteiger partial charge in [0, 0.05) is 18.0 Å². The Hall–Kier alpha value is -0.870. The number of hydrogen-bond acceptors (Lipinski definition) is 3. The van der Waals surface area contributed by atoms with E-state index in [0.717, 1.165) is 25.0 Å². The van der Waals surface area contributed by atoms with E-state index in [1.54, 1.807) is 0 Å². The van der Waals surface area contributed by atoms with Crippen molar-refractivity contribution < 1.29 is 10.2 Å². The van der Waals surface area contributed by atoms with Gasteiger partial charge in [-0.2, -0.15) is 5.10 Å². The average molecular weight is 282 g/mol. The molecule has 20 heavy (non-hydrogen) atoms. The van der Waals surface area contributed by atoms with Crippen LogP contribution in [0.25, 0.3) is 0 Å². The van der Waals surface area contributed by atoms with E-state index < -0.39 is 5.41 Å². The number of aliphatic hydroxyl groups is 2. The molecule has 4 nitrogen and oxygen atoms in total. The minimum absolute atomic E-state index is 0.000472. The van der Waals surface area contributed by atoms with Crippen LogP contribution >= 0.6 is 0 Å². The molecule has 1 aromatic heterocycles. The van der Waals surface area contributed by atoms with Crippen molar-refractivity contribution in [3.05, 3.63) is 18.0 Å². The van der Waals surface area contributed by atoms with Crippen LogP contribution in [-0.4, -0.2) is 33.2 Å². The predicted molar refractivity (Wildman–Crippen MR) is 81.6 cm³/mol. The molecule has 0 saturated carbocycles. The van der Waals surface area contributed by atoms with Crippen LogP contribution in [0.1, 0.15) is 58.7 Å². The highest BCUT2D eigenvalue weighted by molar-refractivity contribution is 5.04. The summed E-state index contributed by atoms with van der Waals surface area (Å²) in [5.41, 5.74) is 0.502. The third-order valence-electron chi connectivity index (χ3n) is 4.05. The highest BCUT2D eigenvalue weighted by Crippen LogP contribution is 2.30. The third-order valence-corrected chi connectivity index (χ3v) is 4.05. The topological polar surface area (TPSA) is 58.3 Å². The summed E-state index contributed by atoms with van der Waals surface area (Å²) in [5.74, 6) is 0.440. The Balaban J connectivity index is 2.84. The van der Waals surface area contributed by atoms with Gasteiger partial charge in [-0.25, -0.2) is 0 Å². The van der Waals surface area contributed by atoms with Gasteiger partial charge >= 0.3 is 0 Å². The summed E-state index contributed by atoms with van der Waals surface area (Å²) < 4.78 is 2.02. The van der Waals surface area contributed by atoms with Gasteiger partial charge in [-0.3, -0.25) is 4.68 Å². The Kier molecular flexibility index (Phi) is 6.69. The molecule has 116 valence electrons. The molecule has 0 spiro atoms. The molecule has 1 aromatic rings. The molecule has 0 saturated heterocycles. The normalized spacial score (nSPS) is 12.6. The van der Waals surface area contributed by atoms with Gasteiger partial charge in [-0.15, -0.1) is 0 Å². The zero-order valence-electron chi connectivity index (χ0n) is 13.3. The highest BCUT2D eigenvalue weighted by atomic mass is 16.3. The first-order chi connectivity index (χ1) is 9.50. The molecule has 0 radical (unpaired) electrons. The first kappa shape index (κ1) is 17.2. The first-order valence-corrected chi connectivity index (χ1v) is 7.76. The van der Waals surface area contributed by atoms with Crippen molar-refractivity contribution >= 4 is 0 Å². The number of aliphatic hydroxyl groups excluding tert-OH is 2. The molecular weight excluding hydrogens is 252 g/mol. The summed E-state index contributed by atoms with van der Waals surface area (Å²) >= 11 is 0. The van der Waals surface area contributed by atoms with Crippen molar-refractivity contribution in [3.63, 3.8) is 0 Å². The maximum Gasteiger partial charge on any atom is 0.0632 e. The monoisotopic (exact) mass is 282 g/mol. The van der Waals surface area contributed by atoms with E-state index in [1.165, 1.54) is 0 Å². The van der Waals surface area contributed by atoms with Crippen LogP contribution in [0.3, 0.4) is 0 Å². The van der Waals surface area contributed by atoms with E-state index in [9.17, 15) is 10.2 Å². The largest absolute Gasteiger partial charge is 0.396 e. The van der Waals surface area contributed by atoms with E-state index in [2.05, 4.69) is 32.8 Å². The van der Waals surface area contributed by atoms with E-state index >= 15 is 0 Å². The smallest absolute Gasteiger partial charge is 0.0632 e. The first-order valence-electron chi connectivity index (χ1n) is 7.76. The Labute approximate surface area is 122 Å². The van der Waals surface area contributed by atoms with Crippen LogP contribution in [0.5, 0.6) is 0 Å². The zero-order valence-corrected chi connectivity index (χ0v) is 13.3. The molecule has 2 N–H and O–H groups in total. The zero-order chi connectivity index (χ0) is 15.2. The second-order valence-electron chi connectivity index (χ2n) is 6.35. The number of hydrogen-bond donors (Lipinski definition) is 2. The lowest BCUT2D eigenvalue weighted by atomic mass is 9.78. The summed E-state index contributed by atoms with van der Waals surface area (Å²) in [4.78, 5) is 0. The van der Waals surface area contributed by atoms with Gasteiger partial charge in [0.1, 0.15) is 0 Å². The molecule has 0 unspecified atom stereocenters. The van der Waals surface area contributed by atoms with Gasteiger partial charge < -0.3 is 10.2 Å². The maximum absolute atomic E-state index is 9.70. The summed E-state index contributed by atoms with van der Waals surface area (Å²) in [6.07, 6.45) is 5.58. The van der Waals surface area contributed by atoms with Crippen LogP contribution < -0.4 is 0 Å². The predicted octanol–water partition coefficient (Wildman–Crippen LogP) is 2.80. The minimum atomic E-state index is -0.457. The SMILES string of the molecule is CCC(CC)n1ccc(CC(CO)(CO)CC(C)C)n1. The van der Waals surface area contributed by atoms with E-state index in [4.69, 9.17) is 0 Å². The Morgan fingerprint density at radius 3 is 2.25 bits per heavy atom. The van der Waals surface area contributed by atoms with Crippen LogP contribution in [0, 0.1) is 11.3 Å². The van der Waals surface area contributed by atoms with Crippen molar-refractivity contribution in [1.82, 2.24) is 9.78 Å².